The van der Waals surface area contributed by atoms with E-state index in [9.17, 15) is 0 Å². The third-order valence-corrected chi connectivity index (χ3v) is 3.29. The van der Waals surface area contributed by atoms with Crippen LogP contribution in [0.1, 0.15) is 5.56 Å². The van der Waals surface area contributed by atoms with E-state index in [1.54, 1.807) is 6.20 Å². The summed E-state index contributed by atoms with van der Waals surface area (Å²) >= 11 is 0. The van der Waals surface area contributed by atoms with Gasteiger partial charge in [0.1, 0.15) is 0 Å². The predicted molar refractivity (Wildman–Crippen MR) is 78.5 cm³/mol. The van der Waals surface area contributed by atoms with Gasteiger partial charge in [0.2, 0.25) is 5.95 Å². The van der Waals surface area contributed by atoms with Crippen LogP contribution in [0, 0.1) is 6.92 Å². The fraction of sp³-hybridized carbons (Fsp3) is 0.0667. The van der Waals surface area contributed by atoms with Gasteiger partial charge in [-0.2, -0.15) is 0 Å². The van der Waals surface area contributed by atoms with E-state index in [1.807, 2.05) is 31.2 Å². The Labute approximate surface area is 111 Å². The Morgan fingerprint density at radius 3 is 2.74 bits per heavy atom. The summed E-state index contributed by atoms with van der Waals surface area (Å²) in [6.45, 7) is 2.02. The van der Waals surface area contributed by atoms with E-state index < -0.39 is 0 Å². The molecular formula is C15H14N4. The molecule has 4 heteroatoms. The van der Waals surface area contributed by atoms with Crippen molar-refractivity contribution in [1.82, 2.24) is 9.97 Å². The second-order valence-electron chi connectivity index (χ2n) is 4.52. The quantitative estimate of drug-likeness (QED) is 0.651. The molecule has 0 unspecified atom stereocenters. The fourth-order valence-corrected chi connectivity index (χ4v) is 2.18. The first-order chi connectivity index (χ1) is 9.15. The van der Waals surface area contributed by atoms with Crippen molar-refractivity contribution in [3.8, 4) is 11.1 Å². The van der Waals surface area contributed by atoms with Crippen molar-refractivity contribution in [2.24, 2.45) is 0 Å². The number of aromatic nitrogens is 2. The SMILES string of the molecule is Cc1c(N)cccc1-c1ccc2nc(N)ncc2c1. The molecule has 0 radical (unpaired) electrons. The molecule has 0 bridgehead atoms. The number of hydrogen-bond donors (Lipinski definition) is 2. The lowest BCUT2D eigenvalue weighted by Gasteiger charge is -2.09. The van der Waals surface area contributed by atoms with E-state index in [0.29, 0.717) is 5.95 Å². The maximum Gasteiger partial charge on any atom is 0.220 e. The highest BCUT2D eigenvalue weighted by atomic mass is 15.0. The maximum atomic E-state index is 5.95. The van der Waals surface area contributed by atoms with Crippen LogP contribution in [0.5, 0.6) is 0 Å². The first kappa shape index (κ1) is 11.5. The number of anilines is 2. The average molecular weight is 250 g/mol. The van der Waals surface area contributed by atoms with Crippen molar-refractivity contribution >= 4 is 22.5 Å². The molecule has 0 atom stereocenters. The maximum absolute atomic E-state index is 5.95. The minimum Gasteiger partial charge on any atom is -0.398 e. The second kappa shape index (κ2) is 4.24. The highest BCUT2D eigenvalue weighted by Gasteiger charge is 2.06. The van der Waals surface area contributed by atoms with E-state index in [2.05, 4.69) is 22.1 Å². The first-order valence-electron chi connectivity index (χ1n) is 6.03. The van der Waals surface area contributed by atoms with Crippen molar-refractivity contribution in [2.75, 3.05) is 11.5 Å². The molecule has 4 N–H and O–H groups in total. The zero-order valence-electron chi connectivity index (χ0n) is 10.6. The van der Waals surface area contributed by atoms with E-state index in [-0.39, 0.29) is 0 Å². The van der Waals surface area contributed by atoms with E-state index >= 15 is 0 Å². The molecule has 0 saturated heterocycles. The number of fused-ring (bicyclic) bond motifs is 1. The molecule has 0 saturated carbocycles. The van der Waals surface area contributed by atoms with Gasteiger partial charge in [0, 0.05) is 17.3 Å². The largest absolute Gasteiger partial charge is 0.398 e. The lowest BCUT2D eigenvalue weighted by Crippen LogP contribution is -1.95. The highest BCUT2D eigenvalue weighted by molar-refractivity contribution is 5.85. The average Bonchev–Trinajstić information content (AvgIpc) is 2.41. The summed E-state index contributed by atoms with van der Waals surface area (Å²) in [6, 6.07) is 12.0. The summed E-state index contributed by atoms with van der Waals surface area (Å²) < 4.78 is 0. The Morgan fingerprint density at radius 1 is 1.05 bits per heavy atom. The summed E-state index contributed by atoms with van der Waals surface area (Å²) in [6.07, 6.45) is 1.74. The normalized spacial score (nSPS) is 10.8. The van der Waals surface area contributed by atoms with Crippen molar-refractivity contribution in [1.29, 1.82) is 0 Å². The molecule has 3 rings (SSSR count). The number of nitrogen functional groups attached to an aromatic ring is 2. The van der Waals surface area contributed by atoms with Crippen LogP contribution >= 0.6 is 0 Å². The van der Waals surface area contributed by atoms with Gasteiger partial charge in [-0.3, -0.25) is 0 Å². The van der Waals surface area contributed by atoms with Gasteiger partial charge in [0.15, 0.2) is 0 Å². The molecule has 19 heavy (non-hydrogen) atoms. The molecule has 0 aliphatic rings. The number of benzene rings is 2. The minimum atomic E-state index is 0.292. The lowest BCUT2D eigenvalue weighted by molar-refractivity contribution is 1.24. The van der Waals surface area contributed by atoms with Gasteiger partial charge in [0.25, 0.3) is 0 Å². The standard InChI is InChI=1S/C15H14N4/c1-9-12(3-2-4-13(9)16)10-5-6-14-11(7-10)8-18-15(17)19-14/h2-8H,16H2,1H3,(H2,17,18,19). The van der Waals surface area contributed by atoms with Crippen LogP contribution in [0.15, 0.2) is 42.6 Å². The van der Waals surface area contributed by atoms with Gasteiger partial charge in [-0.25, -0.2) is 9.97 Å². The van der Waals surface area contributed by atoms with Crippen molar-refractivity contribution in [3.05, 3.63) is 48.2 Å². The minimum absolute atomic E-state index is 0.292. The van der Waals surface area contributed by atoms with Gasteiger partial charge < -0.3 is 11.5 Å². The van der Waals surface area contributed by atoms with Gasteiger partial charge in [-0.05, 0) is 41.8 Å². The molecule has 1 heterocycles. The molecule has 0 amide bonds. The molecule has 2 aromatic carbocycles. The Morgan fingerprint density at radius 2 is 1.89 bits per heavy atom. The molecule has 4 nitrogen and oxygen atoms in total. The number of rotatable bonds is 1. The summed E-state index contributed by atoms with van der Waals surface area (Å²) in [5.41, 5.74) is 16.5. The van der Waals surface area contributed by atoms with E-state index in [0.717, 1.165) is 33.3 Å². The van der Waals surface area contributed by atoms with Crippen LogP contribution in [0.3, 0.4) is 0 Å². The second-order valence-corrected chi connectivity index (χ2v) is 4.52. The summed E-state index contributed by atoms with van der Waals surface area (Å²) in [5, 5.41) is 0.966. The van der Waals surface area contributed by atoms with Gasteiger partial charge in [-0.1, -0.05) is 18.2 Å². The Balaban J connectivity index is 2.20. The molecular weight excluding hydrogens is 236 g/mol. The molecule has 3 aromatic rings. The third-order valence-electron chi connectivity index (χ3n) is 3.29. The van der Waals surface area contributed by atoms with Gasteiger partial charge in [0.05, 0.1) is 5.52 Å². The topological polar surface area (TPSA) is 77.8 Å². The van der Waals surface area contributed by atoms with Crippen LogP contribution in [-0.2, 0) is 0 Å². The van der Waals surface area contributed by atoms with E-state index in [1.165, 1.54) is 0 Å². The number of nitrogens with two attached hydrogens (primary N) is 2. The van der Waals surface area contributed by atoms with Crippen molar-refractivity contribution in [2.45, 2.75) is 6.92 Å². The Hall–Kier alpha value is -2.62. The molecule has 94 valence electrons. The first-order valence-corrected chi connectivity index (χ1v) is 6.03. The molecule has 0 aliphatic carbocycles. The summed E-state index contributed by atoms with van der Waals surface area (Å²) in [5.74, 6) is 0.292. The molecule has 1 aromatic heterocycles. The van der Waals surface area contributed by atoms with Crippen molar-refractivity contribution < 1.29 is 0 Å². The van der Waals surface area contributed by atoms with Crippen LogP contribution in [0.4, 0.5) is 11.6 Å². The fourth-order valence-electron chi connectivity index (χ4n) is 2.18. The zero-order valence-corrected chi connectivity index (χ0v) is 10.6. The predicted octanol–water partition coefficient (Wildman–Crippen LogP) is 2.77. The van der Waals surface area contributed by atoms with Gasteiger partial charge in [-0.15, -0.1) is 0 Å². The van der Waals surface area contributed by atoms with Crippen LogP contribution in [-0.4, -0.2) is 9.97 Å². The number of hydrogen-bond acceptors (Lipinski definition) is 4. The zero-order chi connectivity index (χ0) is 13.4. The molecule has 0 aliphatic heterocycles. The number of nitrogens with zero attached hydrogens (tertiary/aromatic N) is 2. The Bertz CT molecular complexity index is 765. The van der Waals surface area contributed by atoms with Crippen LogP contribution < -0.4 is 11.5 Å². The molecule has 0 fully saturated rings. The third kappa shape index (κ3) is 1.97. The smallest absolute Gasteiger partial charge is 0.220 e. The highest BCUT2D eigenvalue weighted by Crippen LogP contribution is 2.29. The Kier molecular flexibility index (Phi) is 2.56. The lowest BCUT2D eigenvalue weighted by atomic mass is 9.98. The monoisotopic (exact) mass is 250 g/mol. The summed E-state index contributed by atoms with van der Waals surface area (Å²) in [4.78, 5) is 8.22. The van der Waals surface area contributed by atoms with Crippen LogP contribution in [0.2, 0.25) is 0 Å². The summed E-state index contributed by atoms with van der Waals surface area (Å²) in [7, 11) is 0. The molecule has 0 spiro atoms. The van der Waals surface area contributed by atoms with Crippen LogP contribution in [0.25, 0.3) is 22.0 Å². The van der Waals surface area contributed by atoms with Gasteiger partial charge >= 0.3 is 0 Å². The van der Waals surface area contributed by atoms with Crippen molar-refractivity contribution in [3.63, 3.8) is 0 Å². The van der Waals surface area contributed by atoms with E-state index in [4.69, 9.17) is 11.5 Å².